The lowest BCUT2D eigenvalue weighted by Gasteiger charge is -2.26. The number of hydrogen-bond donors (Lipinski definition) is 0. The largest absolute Gasteiger partial charge is 0.299 e. The standard InChI is InChI=1S/C19H22N2O/c1-15(22)17-6-5-7-18(11-17)19-10-16(12-20-13-19)14-21-8-3-2-4-9-21/h5-7,10-13H,2-4,8-9,14H2,1H3. The topological polar surface area (TPSA) is 33.2 Å². The minimum Gasteiger partial charge on any atom is -0.299 e. The predicted molar refractivity (Wildman–Crippen MR) is 88.8 cm³/mol. The van der Waals surface area contributed by atoms with E-state index in [2.05, 4.69) is 16.0 Å². The summed E-state index contributed by atoms with van der Waals surface area (Å²) in [5.74, 6) is 0.0966. The molecule has 0 unspecified atom stereocenters. The van der Waals surface area contributed by atoms with Crippen LogP contribution < -0.4 is 0 Å². The van der Waals surface area contributed by atoms with E-state index in [-0.39, 0.29) is 5.78 Å². The molecule has 3 rings (SSSR count). The van der Waals surface area contributed by atoms with Gasteiger partial charge in [-0.2, -0.15) is 0 Å². The maximum atomic E-state index is 11.5. The van der Waals surface area contributed by atoms with Crippen LogP contribution in [-0.4, -0.2) is 28.8 Å². The monoisotopic (exact) mass is 294 g/mol. The number of carbonyl (C=O) groups excluding carboxylic acids is 1. The molecule has 0 N–H and O–H groups in total. The van der Waals surface area contributed by atoms with Gasteiger partial charge < -0.3 is 0 Å². The van der Waals surface area contributed by atoms with Crippen molar-refractivity contribution in [2.75, 3.05) is 13.1 Å². The van der Waals surface area contributed by atoms with E-state index in [4.69, 9.17) is 0 Å². The first-order valence-corrected chi connectivity index (χ1v) is 8.00. The molecular weight excluding hydrogens is 272 g/mol. The van der Waals surface area contributed by atoms with Crippen LogP contribution in [0.5, 0.6) is 0 Å². The van der Waals surface area contributed by atoms with Gasteiger partial charge in [0.05, 0.1) is 0 Å². The molecule has 2 heterocycles. The van der Waals surface area contributed by atoms with E-state index in [1.165, 1.54) is 37.9 Å². The molecule has 0 atom stereocenters. The van der Waals surface area contributed by atoms with Gasteiger partial charge in [-0.1, -0.05) is 24.6 Å². The molecule has 1 aliphatic heterocycles. The Hall–Kier alpha value is -2.00. The number of nitrogens with zero attached hydrogens (tertiary/aromatic N) is 2. The Balaban J connectivity index is 1.81. The number of pyridine rings is 1. The van der Waals surface area contributed by atoms with Crippen molar-refractivity contribution in [3.8, 4) is 11.1 Å². The molecule has 1 aromatic carbocycles. The van der Waals surface area contributed by atoms with Gasteiger partial charge in [0, 0.05) is 30.1 Å². The minimum absolute atomic E-state index is 0.0966. The number of Topliss-reactive ketones (excluding diaryl/α,β-unsaturated/α-hetero) is 1. The summed E-state index contributed by atoms with van der Waals surface area (Å²) in [6, 6.07) is 9.97. The Morgan fingerprint density at radius 3 is 2.68 bits per heavy atom. The molecule has 1 aromatic heterocycles. The summed E-state index contributed by atoms with van der Waals surface area (Å²) in [5, 5.41) is 0. The molecule has 0 bridgehead atoms. The number of benzene rings is 1. The SMILES string of the molecule is CC(=O)c1cccc(-c2cncc(CN3CCCCC3)c2)c1. The smallest absolute Gasteiger partial charge is 0.159 e. The van der Waals surface area contributed by atoms with Crippen LogP contribution in [0.15, 0.2) is 42.7 Å². The normalized spacial score (nSPS) is 15.7. The zero-order chi connectivity index (χ0) is 15.4. The Morgan fingerprint density at radius 2 is 1.91 bits per heavy atom. The lowest BCUT2D eigenvalue weighted by Crippen LogP contribution is -2.29. The molecule has 0 aliphatic carbocycles. The fourth-order valence-electron chi connectivity index (χ4n) is 3.03. The summed E-state index contributed by atoms with van der Waals surface area (Å²) in [7, 11) is 0. The van der Waals surface area contributed by atoms with E-state index in [0.717, 1.165) is 23.2 Å². The zero-order valence-corrected chi connectivity index (χ0v) is 13.1. The maximum Gasteiger partial charge on any atom is 0.159 e. The van der Waals surface area contributed by atoms with E-state index in [1.807, 2.05) is 36.7 Å². The summed E-state index contributed by atoms with van der Waals surface area (Å²) < 4.78 is 0. The van der Waals surface area contributed by atoms with Crippen molar-refractivity contribution in [3.63, 3.8) is 0 Å². The molecule has 0 radical (unpaired) electrons. The summed E-state index contributed by atoms with van der Waals surface area (Å²) in [5.41, 5.74) is 4.13. The van der Waals surface area contributed by atoms with Crippen LogP contribution in [0.4, 0.5) is 0 Å². The van der Waals surface area contributed by atoms with Gasteiger partial charge in [0.2, 0.25) is 0 Å². The lowest BCUT2D eigenvalue weighted by atomic mass is 10.0. The number of likely N-dealkylation sites (tertiary alicyclic amines) is 1. The van der Waals surface area contributed by atoms with Crippen LogP contribution in [0.1, 0.15) is 42.1 Å². The van der Waals surface area contributed by atoms with Crippen molar-refractivity contribution >= 4 is 5.78 Å². The van der Waals surface area contributed by atoms with E-state index in [1.54, 1.807) is 6.92 Å². The van der Waals surface area contributed by atoms with Crippen molar-refractivity contribution in [2.45, 2.75) is 32.7 Å². The third-order valence-electron chi connectivity index (χ3n) is 4.25. The summed E-state index contributed by atoms with van der Waals surface area (Å²) >= 11 is 0. The van der Waals surface area contributed by atoms with Gasteiger partial charge in [-0.25, -0.2) is 0 Å². The average Bonchev–Trinajstić information content (AvgIpc) is 2.56. The van der Waals surface area contributed by atoms with E-state index >= 15 is 0 Å². The molecular formula is C19H22N2O. The number of hydrogen-bond acceptors (Lipinski definition) is 3. The molecule has 0 amide bonds. The minimum atomic E-state index is 0.0966. The fourth-order valence-corrected chi connectivity index (χ4v) is 3.03. The second-order valence-electron chi connectivity index (χ2n) is 6.06. The molecule has 1 aliphatic rings. The van der Waals surface area contributed by atoms with Crippen LogP contribution in [-0.2, 0) is 6.54 Å². The van der Waals surface area contributed by atoms with Gasteiger partial charge in [-0.15, -0.1) is 0 Å². The second kappa shape index (κ2) is 6.84. The molecule has 114 valence electrons. The fraction of sp³-hybridized carbons (Fsp3) is 0.368. The van der Waals surface area contributed by atoms with Gasteiger partial charge in [0.25, 0.3) is 0 Å². The van der Waals surface area contributed by atoms with Gasteiger partial charge in [-0.05, 0) is 56.1 Å². The van der Waals surface area contributed by atoms with Gasteiger partial charge in [0.1, 0.15) is 0 Å². The number of aromatic nitrogens is 1. The Morgan fingerprint density at radius 1 is 1.09 bits per heavy atom. The van der Waals surface area contributed by atoms with Gasteiger partial charge in [0.15, 0.2) is 5.78 Å². The Bertz CT molecular complexity index is 660. The Labute approximate surface area is 132 Å². The molecule has 0 saturated carbocycles. The van der Waals surface area contributed by atoms with Crippen LogP contribution in [0.3, 0.4) is 0 Å². The third-order valence-corrected chi connectivity index (χ3v) is 4.25. The summed E-state index contributed by atoms with van der Waals surface area (Å²) in [6.07, 6.45) is 7.78. The number of ketones is 1. The number of carbonyl (C=O) groups is 1. The van der Waals surface area contributed by atoms with E-state index in [9.17, 15) is 4.79 Å². The van der Waals surface area contributed by atoms with Crippen molar-refractivity contribution in [1.29, 1.82) is 0 Å². The maximum absolute atomic E-state index is 11.5. The lowest BCUT2D eigenvalue weighted by molar-refractivity contribution is 0.101. The van der Waals surface area contributed by atoms with Gasteiger partial charge >= 0.3 is 0 Å². The summed E-state index contributed by atoms with van der Waals surface area (Å²) in [4.78, 5) is 18.4. The average molecular weight is 294 g/mol. The first kappa shape index (κ1) is 14.9. The van der Waals surface area contributed by atoms with E-state index < -0.39 is 0 Å². The highest BCUT2D eigenvalue weighted by atomic mass is 16.1. The van der Waals surface area contributed by atoms with Gasteiger partial charge in [-0.3, -0.25) is 14.7 Å². The van der Waals surface area contributed by atoms with Crippen molar-refractivity contribution in [3.05, 3.63) is 53.9 Å². The van der Waals surface area contributed by atoms with E-state index in [0.29, 0.717) is 0 Å². The van der Waals surface area contributed by atoms with Crippen LogP contribution in [0.2, 0.25) is 0 Å². The molecule has 2 aromatic rings. The molecule has 1 saturated heterocycles. The van der Waals surface area contributed by atoms with Crippen molar-refractivity contribution in [1.82, 2.24) is 9.88 Å². The van der Waals surface area contributed by atoms with Crippen molar-refractivity contribution < 1.29 is 4.79 Å². The highest BCUT2D eigenvalue weighted by Crippen LogP contribution is 2.22. The molecule has 0 spiro atoms. The quantitative estimate of drug-likeness (QED) is 0.801. The third kappa shape index (κ3) is 3.60. The van der Waals surface area contributed by atoms with Crippen molar-refractivity contribution in [2.24, 2.45) is 0 Å². The molecule has 3 nitrogen and oxygen atoms in total. The second-order valence-corrected chi connectivity index (χ2v) is 6.06. The van der Waals surface area contributed by atoms with Crippen LogP contribution in [0.25, 0.3) is 11.1 Å². The first-order valence-electron chi connectivity index (χ1n) is 8.00. The number of rotatable bonds is 4. The van der Waals surface area contributed by atoms with Crippen LogP contribution in [0, 0.1) is 0 Å². The predicted octanol–water partition coefficient (Wildman–Crippen LogP) is 3.94. The summed E-state index contributed by atoms with van der Waals surface area (Å²) in [6.45, 7) is 4.94. The molecule has 22 heavy (non-hydrogen) atoms. The highest BCUT2D eigenvalue weighted by Gasteiger charge is 2.11. The molecule has 3 heteroatoms. The molecule has 1 fully saturated rings. The Kier molecular flexibility index (Phi) is 4.64. The zero-order valence-electron chi connectivity index (χ0n) is 13.1. The van der Waals surface area contributed by atoms with Crippen LogP contribution >= 0.6 is 0 Å². The number of piperidine rings is 1. The first-order chi connectivity index (χ1) is 10.7. The highest BCUT2D eigenvalue weighted by molar-refractivity contribution is 5.95.